The summed E-state index contributed by atoms with van der Waals surface area (Å²) in [6.07, 6.45) is 0.0118. The highest BCUT2D eigenvalue weighted by Crippen LogP contribution is 2.14. The van der Waals surface area contributed by atoms with Crippen molar-refractivity contribution in [1.29, 1.82) is 5.26 Å². The van der Waals surface area contributed by atoms with E-state index < -0.39 is 0 Å². The van der Waals surface area contributed by atoms with Crippen molar-refractivity contribution in [3.8, 4) is 6.07 Å². The second kappa shape index (κ2) is 6.11. The summed E-state index contributed by atoms with van der Waals surface area (Å²) >= 11 is 0. The van der Waals surface area contributed by atoms with Crippen molar-refractivity contribution in [3.05, 3.63) is 35.1 Å². The molecule has 2 unspecified atom stereocenters. The molecule has 1 fully saturated rings. The number of ether oxygens (including phenoxy) is 1. The van der Waals surface area contributed by atoms with E-state index in [0.717, 1.165) is 18.7 Å². The van der Waals surface area contributed by atoms with Gasteiger partial charge < -0.3 is 10.5 Å². The lowest BCUT2D eigenvalue weighted by atomic mass is 10.1. The van der Waals surface area contributed by atoms with Crippen molar-refractivity contribution in [3.63, 3.8) is 0 Å². The van der Waals surface area contributed by atoms with Crippen LogP contribution in [0.2, 0.25) is 0 Å². The van der Waals surface area contributed by atoms with Gasteiger partial charge in [-0.25, -0.2) is 4.39 Å². The Morgan fingerprint density at radius 2 is 2.37 bits per heavy atom. The number of rotatable bonds is 3. The highest BCUT2D eigenvalue weighted by Gasteiger charge is 2.23. The van der Waals surface area contributed by atoms with Crippen LogP contribution in [0, 0.1) is 17.1 Å². The molecule has 4 nitrogen and oxygen atoms in total. The maximum Gasteiger partial charge on any atom is 0.124 e. The van der Waals surface area contributed by atoms with Crippen molar-refractivity contribution in [2.45, 2.75) is 25.6 Å². The van der Waals surface area contributed by atoms with Crippen molar-refractivity contribution in [2.75, 3.05) is 19.7 Å². The molecule has 1 aliphatic rings. The van der Waals surface area contributed by atoms with Gasteiger partial charge in [-0.05, 0) is 30.7 Å². The number of nitriles is 1. The Labute approximate surface area is 112 Å². The molecular formula is C14H18FN3O. The number of nitrogens with two attached hydrogens (primary N) is 1. The largest absolute Gasteiger partial charge is 0.374 e. The van der Waals surface area contributed by atoms with Gasteiger partial charge in [-0.1, -0.05) is 0 Å². The highest BCUT2D eigenvalue weighted by molar-refractivity contribution is 5.33. The first-order valence-electron chi connectivity index (χ1n) is 6.37. The lowest BCUT2D eigenvalue weighted by Gasteiger charge is -2.34. The van der Waals surface area contributed by atoms with E-state index in [1.165, 1.54) is 12.1 Å². The third-order valence-electron chi connectivity index (χ3n) is 3.26. The topological polar surface area (TPSA) is 62.3 Å². The van der Waals surface area contributed by atoms with Gasteiger partial charge in [-0.15, -0.1) is 0 Å². The molecule has 0 saturated carbocycles. The summed E-state index contributed by atoms with van der Waals surface area (Å²) < 4.78 is 18.9. The Morgan fingerprint density at radius 3 is 3.05 bits per heavy atom. The van der Waals surface area contributed by atoms with Crippen molar-refractivity contribution in [1.82, 2.24) is 4.90 Å². The monoisotopic (exact) mass is 263 g/mol. The molecule has 1 aliphatic heterocycles. The minimum atomic E-state index is -0.369. The summed E-state index contributed by atoms with van der Waals surface area (Å²) in [5.74, 6) is -0.369. The Kier molecular flexibility index (Phi) is 4.48. The zero-order chi connectivity index (χ0) is 13.8. The molecule has 102 valence electrons. The molecule has 0 radical (unpaired) electrons. The Balaban J connectivity index is 2.05. The average molecular weight is 263 g/mol. The van der Waals surface area contributed by atoms with Crippen molar-refractivity contribution in [2.24, 2.45) is 5.73 Å². The third kappa shape index (κ3) is 3.74. The highest BCUT2D eigenvalue weighted by atomic mass is 19.1. The summed E-state index contributed by atoms with van der Waals surface area (Å²) in [4.78, 5) is 2.17. The summed E-state index contributed by atoms with van der Waals surface area (Å²) in [5.41, 5.74) is 7.00. The Hall–Kier alpha value is -1.48. The van der Waals surface area contributed by atoms with Crippen LogP contribution in [0.1, 0.15) is 18.1 Å². The molecular weight excluding hydrogens is 245 g/mol. The third-order valence-corrected chi connectivity index (χ3v) is 3.26. The quantitative estimate of drug-likeness (QED) is 0.891. The van der Waals surface area contributed by atoms with E-state index in [0.29, 0.717) is 18.7 Å². The number of hydrogen-bond acceptors (Lipinski definition) is 4. The number of hydrogen-bond donors (Lipinski definition) is 1. The second-order valence-electron chi connectivity index (χ2n) is 4.96. The summed E-state index contributed by atoms with van der Waals surface area (Å²) in [6, 6.07) is 6.38. The van der Waals surface area contributed by atoms with Crippen LogP contribution in [0.15, 0.2) is 18.2 Å². The summed E-state index contributed by atoms with van der Waals surface area (Å²) in [5, 5.41) is 8.84. The first kappa shape index (κ1) is 13.9. The van der Waals surface area contributed by atoms with E-state index >= 15 is 0 Å². The van der Waals surface area contributed by atoms with Gasteiger partial charge in [0, 0.05) is 25.7 Å². The Bertz CT molecular complexity index is 484. The first-order valence-corrected chi connectivity index (χ1v) is 6.37. The molecule has 2 N–H and O–H groups in total. The number of morpholine rings is 1. The van der Waals surface area contributed by atoms with Crippen molar-refractivity contribution >= 4 is 0 Å². The zero-order valence-corrected chi connectivity index (χ0v) is 11.0. The smallest absolute Gasteiger partial charge is 0.124 e. The van der Waals surface area contributed by atoms with E-state index in [1.807, 2.05) is 13.0 Å². The molecule has 1 heterocycles. The molecule has 0 bridgehead atoms. The fourth-order valence-electron chi connectivity index (χ4n) is 2.26. The van der Waals surface area contributed by atoms with Gasteiger partial charge >= 0.3 is 0 Å². The standard InChI is InChI=1S/C14H18FN3O/c1-10(17)14-9-18(2-3-19-14)8-12-4-11(7-16)5-13(15)6-12/h4-6,10,14H,2-3,8-9,17H2,1H3. The van der Waals surface area contributed by atoms with Crippen LogP contribution in [0.5, 0.6) is 0 Å². The number of benzene rings is 1. The lowest BCUT2D eigenvalue weighted by molar-refractivity contribution is -0.0403. The van der Waals surface area contributed by atoms with Crippen LogP contribution in [-0.4, -0.2) is 36.7 Å². The first-order chi connectivity index (χ1) is 9.08. The lowest BCUT2D eigenvalue weighted by Crippen LogP contribution is -2.49. The van der Waals surface area contributed by atoms with Crippen LogP contribution >= 0.6 is 0 Å². The molecule has 0 aromatic heterocycles. The molecule has 1 aromatic carbocycles. The molecule has 1 saturated heterocycles. The van der Waals surface area contributed by atoms with E-state index in [2.05, 4.69) is 4.90 Å². The maximum absolute atomic E-state index is 13.4. The molecule has 2 atom stereocenters. The fraction of sp³-hybridized carbons (Fsp3) is 0.500. The van der Waals surface area contributed by atoms with Gasteiger partial charge in [0.2, 0.25) is 0 Å². The van der Waals surface area contributed by atoms with Crippen molar-refractivity contribution < 1.29 is 9.13 Å². The van der Waals surface area contributed by atoms with E-state index in [-0.39, 0.29) is 18.0 Å². The molecule has 0 aliphatic carbocycles. The van der Waals surface area contributed by atoms with Crippen LogP contribution in [0.25, 0.3) is 0 Å². The average Bonchev–Trinajstić information content (AvgIpc) is 2.38. The Morgan fingerprint density at radius 1 is 1.58 bits per heavy atom. The van der Waals surface area contributed by atoms with Gasteiger partial charge in [0.15, 0.2) is 0 Å². The van der Waals surface area contributed by atoms with E-state index in [9.17, 15) is 4.39 Å². The number of nitrogens with zero attached hydrogens (tertiary/aromatic N) is 2. The molecule has 2 rings (SSSR count). The molecule has 19 heavy (non-hydrogen) atoms. The molecule has 0 spiro atoms. The van der Waals surface area contributed by atoms with Gasteiger partial charge in [0.1, 0.15) is 5.82 Å². The van der Waals surface area contributed by atoms with Gasteiger partial charge in [-0.2, -0.15) is 5.26 Å². The van der Waals surface area contributed by atoms with Crippen LogP contribution in [-0.2, 0) is 11.3 Å². The van der Waals surface area contributed by atoms with E-state index in [1.54, 1.807) is 6.07 Å². The summed E-state index contributed by atoms with van der Waals surface area (Å²) in [6.45, 7) is 4.69. The van der Waals surface area contributed by atoms with Crippen LogP contribution < -0.4 is 5.73 Å². The van der Waals surface area contributed by atoms with Crippen LogP contribution in [0.4, 0.5) is 4.39 Å². The number of halogens is 1. The molecule has 1 aromatic rings. The molecule has 5 heteroatoms. The minimum absolute atomic E-state index is 0.0118. The summed E-state index contributed by atoms with van der Waals surface area (Å²) in [7, 11) is 0. The van der Waals surface area contributed by atoms with E-state index in [4.69, 9.17) is 15.7 Å². The predicted molar refractivity (Wildman–Crippen MR) is 69.8 cm³/mol. The predicted octanol–water partition coefficient (Wildman–Crippen LogP) is 1.25. The normalized spacial score (nSPS) is 21.9. The van der Waals surface area contributed by atoms with Gasteiger partial charge in [0.25, 0.3) is 0 Å². The minimum Gasteiger partial charge on any atom is -0.374 e. The zero-order valence-electron chi connectivity index (χ0n) is 11.0. The molecule has 0 amide bonds. The second-order valence-corrected chi connectivity index (χ2v) is 4.96. The van der Waals surface area contributed by atoms with Gasteiger partial charge in [-0.3, -0.25) is 4.90 Å². The fourth-order valence-corrected chi connectivity index (χ4v) is 2.26. The maximum atomic E-state index is 13.4. The van der Waals surface area contributed by atoms with Crippen LogP contribution in [0.3, 0.4) is 0 Å². The SMILES string of the molecule is CC(N)C1CN(Cc2cc(F)cc(C#N)c2)CCO1. The van der Waals surface area contributed by atoms with Gasteiger partial charge in [0.05, 0.1) is 24.3 Å².